The van der Waals surface area contributed by atoms with Gasteiger partial charge < -0.3 is 35.8 Å². The molecule has 0 amide bonds. The Morgan fingerprint density at radius 3 is 2.75 bits per heavy atom. The van der Waals surface area contributed by atoms with Crippen molar-refractivity contribution in [2.24, 2.45) is 0 Å². The number of benzene rings is 1. The van der Waals surface area contributed by atoms with Crippen molar-refractivity contribution in [2.45, 2.75) is 31.1 Å². The summed E-state index contributed by atoms with van der Waals surface area (Å²) in [5.41, 5.74) is 4.18. The summed E-state index contributed by atoms with van der Waals surface area (Å²) >= 11 is 0. The first-order chi connectivity index (χ1) is 17.2. The number of methoxy groups -OCH3 is 1. The molecule has 2 aromatic carbocycles. The summed E-state index contributed by atoms with van der Waals surface area (Å²) in [5, 5.41) is 33.4. The quantitative estimate of drug-likeness (QED) is 0.118. The normalized spacial score (nSPS) is 21.9. The number of nitrogens with zero attached hydrogens (tertiary/aromatic N) is 3. The molecule has 36 heavy (non-hydrogen) atoms. The second-order valence-corrected chi connectivity index (χ2v) is 8.43. The van der Waals surface area contributed by atoms with Gasteiger partial charge in [-0.2, -0.15) is 0 Å². The van der Waals surface area contributed by atoms with E-state index in [-0.39, 0.29) is 35.9 Å². The van der Waals surface area contributed by atoms with Gasteiger partial charge in [-0.15, -0.1) is 0 Å². The van der Waals surface area contributed by atoms with Crippen LogP contribution in [0.2, 0.25) is 0 Å². The highest BCUT2D eigenvalue weighted by Gasteiger charge is 2.47. The Hall–Kier alpha value is -4.27. The third-order valence-corrected chi connectivity index (χ3v) is 6.15. The van der Waals surface area contributed by atoms with Crippen LogP contribution >= 0.6 is 0 Å². The van der Waals surface area contributed by atoms with Gasteiger partial charge in [0.15, 0.2) is 12.1 Å². The van der Waals surface area contributed by atoms with Crippen molar-refractivity contribution in [3.8, 4) is 11.5 Å². The first-order valence-electron chi connectivity index (χ1n) is 10.9. The van der Waals surface area contributed by atoms with Gasteiger partial charge in [0, 0.05) is 6.54 Å². The highest BCUT2D eigenvalue weighted by atomic mass is 16.6. The number of anilines is 2. The third kappa shape index (κ3) is 3.77. The number of H-pyrrole nitrogens is 1. The van der Waals surface area contributed by atoms with E-state index in [0.29, 0.717) is 5.75 Å². The van der Waals surface area contributed by atoms with Crippen molar-refractivity contribution in [1.82, 2.24) is 14.5 Å². The number of nitrogens with two attached hydrogens (primary N) is 1. The van der Waals surface area contributed by atoms with E-state index in [1.54, 1.807) is 29.9 Å². The molecule has 1 aliphatic rings. The second-order valence-electron chi connectivity index (χ2n) is 8.43. The van der Waals surface area contributed by atoms with Gasteiger partial charge in [0.1, 0.15) is 29.7 Å². The summed E-state index contributed by atoms with van der Waals surface area (Å²) in [4.78, 5) is 42.2. The number of fused-ring (bicyclic) bond motifs is 1. The maximum atomic E-state index is 12.8. The lowest BCUT2D eigenvalue weighted by molar-refractivity contribution is -0.745. The van der Waals surface area contributed by atoms with Gasteiger partial charge in [-0.05, 0) is 17.7 Å². The first kappa shape index (κ1) is 23.5. The summed E-state index contributed by atoms with van der Waals surface area (Å²) in [6.45, 7) is 0.0571. The number of nitrogens with one attached hydrogen (secondary N) is 2. The van der Waals surface area contributed by atoms with E-state index in [4.69, 9.17) is 15.2 Å². The molecule has 5 rings (SSSR count). The largest absolute Gasteiger partial charge is 0.502 e. The van der Waals surface area contributed by atoms with Crippen molar-refractivity contribution < 1.29 is 29.4 Å². The molecule has 1 saturated heterocycles. The fourth-order valence-corrected chi connectivity index (χ4v) is 4.32. The Labute approximate surface area is 201 Å². The molecule has 14 heteroatoms. The highest BCUT2D eigenvalue weighted by molar-refractivity contribution is 5.67. The van der Waals surface area contributed by atoms with Crippen molar-refractivity contribution in [3.63, 3.8) is 0 Å². The molecule has 3 heterocycles. The zero-order valence-electron chi connectivity index (χ0n) is 18.9. The van der Waals surface area contributed by atoms with E-state index in [1.807, 2.05) is 6.07 Å². The average molecular weight is 499 g/mol. The standard InChI is InChI=1S/C22H22N6O8/c1-35-10-4-2-3-9(5-10)7-27-8-28(19-13(27)20(34)26-22(23)25-19)21-18(33)14(29)11(36-21)6-24-12-15(30)17(32)16(12)31/h2-5,8,11,14,18,21,29,33H,6-7H2,1H3,(H4-,23,24,25,26,30,31,32,34)/p+1/t11-,14-,18-,21-/m1/s1. The minimum atomic E-state index is -1.44. The molecule has 0 spiro atoms. The van der Waals surface area contributed by atoms with Crippen LogP contribution in [-0.4, -0.2) is 61.8 Å². The van der Waals surface area contributed by atoms with Gasteiger partial charge in [0.05, 0.1) is 13.7 Å². The van der Waals surface area contributed by atoms with Gasteiger partial charge in [-0.3, -0.25) is 23.9 Å². The molecule has 0 saturated carbocycles. The summed E-state index contributed by atoms with van der Waals surface area (Å²) in [5.74, 6) is -0.213. The van der Waals surface area contributed by atoms with Crippen molar-refractivity contribution in [1.29, 1.82) is 0 Å². The Morgan fingerprint density at radius 1 is 1.25 bits per heavy atom. The van der Waals surface area contributed by atoms with Crippen LogP contribution in [0, 0.1) is 0 Å². The van der Waals surface area contributed by atoms with Crippen LogP contribution in [-0.2, 0) is 11.3 Å². The van der Waals surface area contributed by atoms with Crippen molar-refractivity contribution >= 4 is 22.8 Å². The summed E-state index contributed by atoms with van der Waals surface area (Å²) in [6, 6.07) is 7.24. The summed E-state index contributed by atoms with van der Waals surface area (Å²) in [6.07, 6.45) is -3.53. The van der Waals surface area contributed by atoms with Crippen LogP contribution in [0.3, 0.4) is 0 Å². The molecule has 2 aromatic heterocycles. The number of aromatic hydroxyl groups is 1. The van der Waals surface area contributed by atoms with E-state index in [2.05, 4.69) is 15.3 Å². The molecule has 0 radical (unpaired) electrons. The SMILES string of the molecule is COc1cccc(Cn2c[n+]([C@@H]3O[C@H](CNc4c(O)c(=O)c4=O)[C@@H](O)[C@H]3O)c3nc(N)[nH]c(=O)c32)c1. The van der Waals surface area contributed by atoms with Gasteiger partial charge in [0.25, 0.3) is 22.4 Å². The lowest BCUT2D eigenvalue weighted by atomic mass is 10.1. The zero-order chi connectivity index (χ0) is 25.7. The van der Waals surface area contributed by atoms with E-state index in [1.165, 1.54) is 10.9 Å². The minimum absolute atomic E-state index is 0.115. The van der Waals surface area contributed by atoms with Crippen molar-refractivity contribution in [2.75, 3.05) is 24.7 Å². The summed E-state index contributed by atoms with van der Waals surface area (Å²) < 4.78 is 14.1. The van der Waals surface area contributed by atoms with Crippen LogP contribution in [0.5, 0.6) is 11.5 Å². The number of hydrogen-bond donors (Lipinski definition) is 6. The minimum Gasteiger partial charge on any atom is -0.502 e. The molecular formula is C22H23N6O8+. The molecule has 1 fully saturated rings. The van der Waals surface area contributed by atoms with E-state index in [9.17, 15) is 29.7 Å². The van der Waals surface area contributed by atoms with Crippen LogP contribution < -0.4 is 36.8 Å². The lowest BCUT2D eigenvalue weighted by Crippen LogP contribution is -2.46. The molecule has 14 nitrogen and oxygen atoms in total. The van der Waals surface area contributed by atoms with Crippen LogP contribution in [0.15, 0.2) is 45.0 Å². The van der Waals surface area contributed by atoms with Crippen molar-refractivity contribution in [3.05, 3.63) is 67.0 Å². The molecule has 7 N–H and O–H groups in total. The topological polar surface area (TPSA) is 206 Å². The van der Waals surface area contributed by atoms with Crippen LogP contribution in [0.4, 0.5) is 11.6 Å². The van der Waals surface area contributed by atoms with Crippen LogP contribution in [0.1, 0.15) is 11.8 Å². The maximum absolute atomic E-state index is 12.8. The number of hydrogen-bond acceptors (Lipinski definition) is 11. The van der Waals surface area contributed by atoms with Gasteiger partial charge in [0.2, 0.25) is 11.7 Å². The Morgan fingerprint density at radius 2 is 2.03 bits per heavy atom. The number of imidazole rings is 1. The Bertz CT molecular complexity index is 1590. The number of aromatic amines is 1. The molecular weight excluding hydrogens is 476 g/mol. The lowest BCUT2D eigenvalue weighted by Gasteiger charge is -2.16. The zero-order valence-corrected chi connectivity index (χ0v) is 18.9. The molecule has 188 valence electrons. The second kappa shape index (κ2) is 8.75. The number of ether oxygens (including phenoxy) is 2. The predicted octanol–water partition coefficient (Wildman–Crippen LogP) is -2.32. The number of nitrogen functional groups attached to an aromatic ring is 1. The van der Waals surface area contributed by atoms with Crippen LogP contribution in [0.25, 0.3) is 11.2 Å². The highest BCUT2D eigenvalue weighted by Crippen LogP contribution is 2.28. The maximum Gasteiger partial charge on any atom is 0.313 e. The Kier molecular flexibility index (Phi) is 5.70. The molecule has 0 bridgehead atoms. The number of aliphatic hydroxyl groups is 2. The monoisotopic (exact) mass is 499 g/mol. The Balaban J connectivity index is 1.48. The number of rotatable bonds is 7. The molecule has 4 aromatic rings. The molecule has 0 unspecified atom stereocenters. The van der Waals surface area contributed by atoms with Gasteiger partial charge in [-0.25, -0.2) is 4.57 Å². The fourth-order valence-electron chi connectivity index (χ4n) is 4.32. The molecule has 1 aliphatic heterocycles. The van der Waals surface area contributed by atoms with Gasteiger partial charge >= 0.3 is 5.65 Å². The molecule has 0 aliphatic carbocycles. The smallest absolute Gasteiger partial charge is 0.313 e. The first-order valence-corrected chi connectivity index (χ1v) is 10.9. The third-order valence-electron chi connectivity index (χ3n) is 6.15. The summed E-state index contributed by atoms with van der Waals surface area (Å²) in [7, 11) is 1.54. The number of aliphatic hydroxyl groups excluding tert-OH is 2. The van der Waals surface area contributed by atoms with E-state index in [0.717, 1.165) is 5.56 Å². The predicted molar refractivity (Wildman–Crippen MR) is 124 cm³/mol. The van der Waals surface area contributed by atoms with E-state index < -0.39 is 46.7 Å². The number of aromatic nitrogens is 4. The fraction of sp³-hybridized carbons (Fsp3) is 0.318. The van der Waals surface area contributed by atoms with E-state index >= 15 is 0 Å². The average Bonchev–Trinajstić information content (AvgIpc) is 3.35. The van der Waals surface area contributed by atoms with Gasteiger partial charge in [-0.1, -0.05) is 17.1 Å². The molecule has 4 atom stereocenters.